The van der Waals surface area contributed by atoms with E-state index < -0.39 is 0 Å². The van der Waals surface area contributed by atoms with Crippen molar-refractivity contribution in [3.05, 3.63) is 24.5 Å². The summed E-state index contributed by atoms with van der Waals surface area (Å²) in [6.07, 6.45) is 9.20. The van der Waals surface area contributed by atoms with E-state index in [-0.39, 0.29) is 24.9 Å². The van der Waals surface area contributed by atoms with Gasteiger partial charge in [0.2, 0.25) is 6.29 Å². The molecule has 0 spiro atoms. The third-order valence-electron chi connectivity index (χ3n) is 3.12. The van der Waals surface area contributed by atoms with Crippen LogP contribution in [0.5, 0.6) is 0 Å². The molecule has 1 unspecified atom stereocenters. The average Bonchev–Trinajstić information content (AvgIpc) is 2.36. The number of rotatable bonds is 7. The molecule has 0 saturated carbocycles. The van der Waals surface area contributed by atoms with E-state index in [9.17, 15) is 5.11 Å². The van der Waals surface area contributed by atoms with Crippen molar-refractivity contribution in [1.29, 1.82) is 0 Å². The topological polar surface area (TPSA) is 38.7 Å². The lowest BCUT2D eigenvalue weighted by molar-refractivity contribution is -0.148. The Balaban J connectivity index is 2.56. The van der Waals surface area contributed by atoms with Gasteiger partial charge in [-0.3, -0.25) is 0 Å². The van der Waals surface area contributed by atoms with Gasteiger partial charge in [0.15, 0.2) is 0 Å². The maximum absolute atomic E-state index is 9.30. The maximum atomic E-state index is 9.30. The summed E-state index contributed by atoms with van der Waals surface area (Å²) in [4.78, 5) is 0. The Morgan fingerprint density at radius 2 is 2.06 bits per heavy atom. The molecule has 1 heterocycles. The lowest BCUT2D eigenvalue weighted by Crippen LogP contribution is -2.35. The largest absolute Gasteiger partial charge is 0.469 e. The van der Waals surface area contributed by atoms with Crippen molar-refractivity contribution in [3.63, 3.8) is 0 Å². The zero-order chi connectivity index (χ0) is 12.7. The highest BCUT2D eigenvalue weighted by Gasteiger charge is 2.26. The van der Waals surface area contributed by atoms with Crippen LogP contribution in [0, 0.1) is 11.8 Å². The zero-order valence-electron chi connectivity index (χ0n) is 11.0. The number of hydrogen-bond donors (Lipinski definition) is 1. The van der Waals surface area contributed by atoms with Gasteiger partial charge >= 0.3 is 0 Å². The van der Waals surface area contributed by atoms with Gasteiger partial charge in [-0.05, 0) is 24.5 Å². The molecule has 1 N–H and O–H groups in total. The minimum Gasteiger partial charge on any atom is -0.469 e. The summed E-state index contributed by atoms with van der Waals surface area (Å²) >= 11 is 0. The first-order chi connectivity index (χ1) is 8.19. The second-order valence-electron chi connectivity index (χ2n) is 4.74. The lowest BCUT2D eigenvalue weighted by Gasteiger charge is -2.31. The Hall–Kier alpha value is -0.800. The van der Waals surface area contributed by atoms with Crippen molar-refractivity contribution in [1.82, 2.24) is 0 Å². The third kappa shape index (κ3) is 4.52. The Kier molecular flexibility index (Phi) is 6.30. The van der Waals surface area contributed by atoms with Gasteiger partial charge in [-0.1, -0.05) is 33.3 Å². The van der Waals surface area contributed by atoms with E-state index in [1.54, 1.807) is 6.26 Å². The summed E-state index contributed by atoms with van der Waals surface area (Å²) in [5.74, 6) is 0.546. The number of aliphatic hydroxyl groups is 1. The van der Waals surface area contributed by atoms with Gasteiger partial charge in [0, 0.05) is 12.5 Å². The van der Waals surface area contributed by atoms with Crippen LogP contribution in [0.15, 0.2) is 24.5 Å². The van der Waals surface area contributed by atoms with E-state index in [1.807, 2.05) is 25.2 Å². The molecule has 17 heavy (non-hydrogen) atoms. The van der Waals surface area contributed by atoms with E-state index in [0.29, 0.717) is 5.92 Å². The highest BCUT2D eigenvalue weighted by atomic mass is 16.7. The van der Waals surface area contributed by atoms with Crippen LogP contribution in [0.4, 0.5) is 0 Å². The Morgan fingerprint density at radius 1 is 1.29 bits per heavy atom. The van der Waals surface area contributed by atoms with Crippen molar-refractivity contribution < 1.29 is 14.6 Å². The van der Waals surface area contributed by atoms with Crippen molar-refractivity contribution in [2.45, 2.75) is 46.0 Å². The molecule has 3 heteroatoms. The van der Waals surface area contributed by atoms with Gasteiger partial charge in [0.05, 0.1) is 12.4 Å². The summed E-state index contributed by atoms with van der Waals surface area (Å²) in [7, 11) is 0. The van der Waals surface area contributed by atoms with E-state index in [4.69, 9.17) is 9.47 Å². The van der Waals surface area contributed by atoms with Crippen LogP contribution in [0.3, 0.4) is 0 Å². The molecule has 98 valence electrons. The summed E-state index contributed by atoms with van der Waals surface area (Å²) in [5.41, 5.74) is 0. The summed E-state index contributed by atoms with van der Waals surface area (Å²) in [5, 5.41) is 9.30. The van der Waals surface area contributed by atoms with E-state index >= 15 is 0 Å². The lowest BCUT2D eigenvalue weighted by atomic mass is 9.90. The maximum Gasteiger partial charge on any atom is 0.219 e. The summed E-state index contributed by atoms with van der Waals surface area (Å²) in [6.45, 7) is 6.49. The fourth-order valence-corrected chi connectivity index (χ4v) is 2.15. The van der Waals surface area contributed by atoms with Crippen molar-refractivity contribution in [2.24, 2.45) is 11.8 Å². The molecule has 0 aliphatic carbocycles. The second-order valence-corrected chi connectivity index (χ2v) is 4.74. The molecule has 0 amide bonds. The molecule has 3 nitrogen and oxygen atoms in total. The van der Waals surface area contributed by atoms with Gasteiger partial charge in [0.1, 0.15) is 0 Å². The van der Waals surface area contributed by atoms with Gasteiger partial charge in [0.25, 0.3) is 0 Å². The van der Waals surface area contributed by atoms with Crippen LogP contribution in [0.2, 0.25) is 0 Å². The molecule has 0 saturated heterocycles. The van der Waals surface area contributed by atoms with Crippen LogP contribution < -0.4 is 0 Å². The van der Waals surface area contributed by atoms with Gasteiger partial charge < -0.3 is 14.6 Å². The Bertz CT molecular complexity index is 260. The van der Waals surface area contributed by atoms with Crippen molar-refractivity contribution in [2.75, 3.05) is 6.61 Å². The van der Waals surface area contributed by atoms with Crippen LogP contribution in [-0.4, -0.2) is 24.1 Å². The quantitative estimate of drug-likeness (QED) is 0.743. The smallest absolute Gasteiger partial charge is 0.219 e. The Labute approximate surface area is 104 Å². The number of hydrogen-bond acceptors (Lipinski definition) is 3. The third-order valence-corrected chi connectivity index (χ3v) is 3.12. The monoisotopic (exact) mass is 240 g/mol. The minimum absolute atomic E-state index is 0.0288. The first-order valence-electron chi connectivity index (χ1n) is 6.44. The summed E-state index contributed by atoms with van der Waals surface area (Å²) < 4.78 is 11.3. The predicted octanol–water partition coefficient (Wildman–Crippen LogP) is 2.86. The molecule has 1 aliphatic rings. The predicted molar refractivity (Wildman–Crippen MR) is 68.3 cm³/mol. The van der Waals surface area contributed by atoms with E-state index in [1.165, 1.54) is 0 Å². The first-order valence-corrected chi connectivity index (χ1v) is 6.44. The highest BCUT2D eigenvalue weighted by Crippen LogP contribution is 2.23. The van der Waals surface area contributed by atoms with Crippen LogP contribution in [-0.2, 0) is 9.47 Å². The summed E-state index contributed by atoms with van der Waals surface area (Å²) in [6, 6.07) is 0. The molecule has 4 atom stereocenters. The van der Waals surface area contributed by atoms with Crippen molar-refractivity contribution >= 4 is 0 Å². The standard InChI is InChI=1S/C14H24O3/c1-4-7-11(2)14(12(3)10-15)17-13-8-5-6-9-16-13/h5-6,8-9,11-15H,4,7,10H2,1-3H3/t11-,12?,13-,14+/m1/s1. The fourth-order valence-electron chi connectivity index (χ4n) is 2.15. The number of aliphatic hydroxyl groups excluding tert-OH is 1. The van der Waals surface area contributed by atoms with Crippen LogP contribution in [0.25, 0.3) is 0 Å². The molecule has 0 aromatic rings. The molecule has 0 aromatic carbocycles. The zero-order valence-corrected chi connectivity index (χ0v) is 11.0. The fraction of sp³-hybridized carbons (Fsp3) is 0.714. The molecule has 0 aromatic heterocycles. The van der Waals surface area contributed by atoms with Gasteiger partial charge in [-0.2, -0.15) is 0 Å². The van der Waals surface area contributed by atoms with Crippen LogP contribution in [0.1, 0.15) is 33.6 Å². The second kappa shape index (κ2) is 7.51. The first kappa shape index (κ1) is 14.3. The molecular weight excluding hydrogens is 216 g/mol. The molecule has 1 rings (SSSR count). The van der Waals surface area contributed by atoms with Crippen LogP contribution >= 0.6 is 0 Å². The SMILES string of the molecule is CCC[C@@H](C)[C@H](O[C@@H]1C=CC=CO1)C(C)CO. The molecule has 0 bridgehead atoms. The molecule has 0 fully saturated rings. The highest BCUT2D eigenvalue weighted by molar-refractivity contribution is 5.05. The Morgan fingerprint density at radius 3 is 2.59 bits per heavy atom. The molecule has 1 aliphatic heterocycles. The minimum atomic E-state index is -0.321. The number of allylic oxidation sites excluding steroid dienone is 2. The van der Waals surface area contributed by atoms with Gasteiger partial charge in [-0.25, -0.2) is 0 Å². The van der Waals surface area contributed by atoms with Gasteiger partial charge in [-0.15, -0.1) is 0 Å². The van der Waals surface area contributed by atoms with Crippen molar-refractivity contribution in [3.8, 4) is 0 Å². The molecular formula is C14H24O3. The van der Waals surface area contributed by atoms with E-state index in [0.717, 1.165) is 12.8 Å². The van der Waals surface area contributed by atoms with E-state index in [2.05, 4.69) is 13.8 Å². The normalized spacial score (nSPS) is 24.1. The average molecular weight is 240 g/mol. The molecule has 0 radical (unpaired) electrons. The number of ether oxygens (including phenoxy) is 2.